The number of fused-ring (bicyclic) bond motifs is 4. The van der Waals surface area contributed by atoms with Crippen molar-refractivity contribution >= 4 is 49.4 Å². The number of carboxylic acids is 1. The highest BCUT2D eigenvalue weighted by molar-refractivity contribution is 9.10. The van der Waals surface area contributed by atoms with Crippen molar-refractivity contribution in [1.82, 2.24) is 5.32 Å². The molecule has 1 unspecified atom stereocenters. The maximum atomic E-state index is 12.6. The normalized spacial score (nSPS) is 13.4. The van der Waals surface area contributed by atoms with Crippen LogP contribution >= 0.6 is 27.3 Å². The number of carbonyl (C=O) groups is 2. The molecule has 5 rings (SSSR count). The molecule has 0 saturated heterocycles. The number of aliphatic carboxylic acids is 1. The van der Waals surface area contributed by atoms with Crippen LogP contribution in [-0.2, 0) is 16.0 Å². The molecule has 1 amide bonds. The van der Waals surface area contributed by atoms with Crippen molar-refractivity contribution < 1.29 is 19.4 Å². The predicted molar refractivity (Wildman–Crippen MR) is 133 cm³/mol. The smallest absolute Gasteiger partial charge is 0.407 e. The fourth-order valence-electron chi connectivity index (χ4n) is 4.36. The van der Waals surface area contributed by atoms with Crippen LogP contribution < -0.4 is 5.32 Å². The third kappa shape index (κ3) is 4.14. The van der Waals surface area contributed by atoms with Gasteiger partial charge in [-0.25, -0.2) is 9.59 Å². The SMILES string of the molecule is O=C(NC(Cc1sc2ccccc2c1Br)C(=O)O)OCC1c2ccccc2-c2ccccc21. The molecule has 1 heterocycles. The summed E-state index contributed by atoms with van der Waals surface area (Å²) < 4.78 is 7.45. The molecule has 7 heteroatoms. The summed E-state index contributed by atoms with van der Waals surface area (Å²) in [6.45, 7) is 0.138. The molecule has 33 heavy (non-hydrogen) atoms. The van der Waals surface area contributed by atoms with Crippen LogP contribution in [0.1, 0.15) is 21.9 Å². The maximum Gasteiger partial charge on any atom is 0.407 e. The van der Waals surface area contributed by atoms with Crippen LogP contribution in [0.25, 0.3) is 21.2 Å². The molecule has 5 nitrogen and oxygen atoms in total. The third-order valence-corrected chi connectivity index (χ3v) is 8.29. The lowest BCUT2D eigenvalue weighted by molar-refractivity contribution is -0.139. The van der Waals surface area contributed by atoms with Gasteiger partial charge in [-0.1, -0.05) is 66.7 Å². The Labute approximate surface area is 203 Å². The first-order chi connectivity index (χ1) is 16.0. The monoisotopic (exact) mass is 521 g/mol. The average Bonchev–Trinajstić information content (AvgIpc) is 3.32. The molecule has 0 bridgehead atoms. The van der Waals surface area contributed by atoms with E-state index in [1.54, 1.807) is 0 Å². The number of amides is 1. The predicted octanol–water partition coefficient (Wildman–Crippen LogP) is 6.20. The number of halogens is 1. The Morgan fingerprint density at radius 1 is 0.970 bits per heavy atom. The van der Waals surface area contributed by atoms with E-state index in [9.17, 15) is 14.7 Å². The number of carboxylic acid groups (broad SMARTS) is 1. The van der Waals surface area contributed by atoms with E-state index in [-0.39, 0.29) is 18.9 Å². The zero-order chi connectivity index (χ0) is 22.9. The van der Waals surface area contributed by atoms with Crippen LogP contribution in [0.3, 0.4) is 0 Å². The minimum atomic E-state index is -1.10. The van der Waals surface area contributed by atoms with Gasteiger partial charge in [-0.15, -0.1) is 11.3 Å². The molecule has 0 spiro atoms. The lowest BCUT2D eigenvalue weighted by Gasteiger charge is -2.17. The van der Waals surface area contributed by atoms with Crippen molar-refractivity contribution in [3.05, 3.63) is 93.3 Å². The van der Waals surface area contributed by atoms with E-state index >= 15 is 0 Å². The second kappa shape index (κ2) is 9.00. The first kappa shape index (κ1) is 21.7. The summed E-state index contributed by atoms with van der Waals surface area (Å²) in [4.78, 5) is 25.3. The van der Waals surface area contributed by atoms with Gasteiger partial charge < -0.3 is 15.2 Å². The topological polar surface area (TPSA) is 75.6 Å². The molecule has 0 fully saturated rings. The zero-order valence-electron chi connectivity index (χ0n) is 17.5. The highest BCUT2D eigenvalue weighted by Crippen LogP contribution is 2.44. The van der Waals surface area contributed by atoms with Gasteiger partial charge in [0.05, 0.1) is 0 Å². The Hall–Kier alpha value is -3.16. The van der Waals surface area contributed by atoms with Gasteiger partial charge in [-0.3, -0.25) is 0 Å². The minimum Gasteiger partial charge on any atom is -0.480 e. The number of rotatable bonds is 6. The number of ether oxygens (including phenoxy) is 1. The molecule has 0 saturated carbocycles. The second-order valence-electron chi connectivity index (χ2n) is 7.90. The van der Waals surface area contributed by atoms with E-state index in [0.717, 1.165) is 41.7 Å². The number of carbonyl (C=O) groups excluding carboxylic acids is 1. The van der Waals surface area contributed by atoms with Crippen LogP contribution in [-0.4, -0.2) is 29.8 Å². The maximum absolute atomic E-state index is 12.6. The van der Waals surface area contributed by atoms with Gasteiger partial charge >= 0.3 is 12.1 Å². The molecule has 1 aliphatic carbocycles. The molecule has 0 radical (unpaired) electrons. The summed E-state index contributed by atoms with van der Waals surface area (Å²) >= 11 is 5.09. The number of thiophene rings is 1. The molecule has 166 valence electrons. The molecule has 4 aromatic rings. The fraction of sp³-hybridized carbons (Fsp3) is 0.154. The summed E-state index contributed by atoms with van der Waals surface area (Å²) in [7, 11) is 0. The van der Waals surface area contributed by atoms with Crippen LogP contribution in [0.2, 0.25) is 0 Å². The summed E-state index contributed by atoms with van der Waals surface area (Å²) in [6.07, 6.45) is -0.569. The minimum absolute atomic E-state index is 0.0804. The van der Waals surface area contributed by atoms with Crippen molar-refractivity contribution in [3.63, 3.8) is 0 Å². The Bertz CT molecular complexity index is 1320. The lowest BCUT2D eigenvalue weighted by Crippen LogP contribution is -2.42. The van der Waals surface area contributed by atoms with Gasteiger partial charge in [0.2, 0.25) is 0 Å². The molecule has 0 aliphatic heterocycles. The van der Waals surface area contributed by atoms with Gasteiger partial charge in [0.25, 0.3) is 0 Å². The molecule has 2 N–H and O–H groups in total. The molecule has 1 aromatic heterocycles. The lowest BCUT2D eigenvalue weighted by atomic mass is 9.98. The number of benzene rings is 3. The first-order valence-corrected chi connectivity index (χ1v) is 12.1. The van der Waals surface area contributed by atoms with Crippen LogP contribution in [0.5, 0.6) is 0 Å². The van der Waals surface area contributed by atoms with Gasteiger partial charge in [0.15, 0.2) is 0 Å². The van der Waals surface area contributed by atoms with Crippen molar-refractivity contribution in [2.75, 3.05) is 6.61 Å². The summed E-state index contributed by atoms with van der Waals surface area (Å²) in [5.41, 5.74) is 4.49. The Morgan fingerprint density at radius 2 is 1.58 bits per heavy atom. The average molecular weight is 522 g/mol. The molecular formula is C26H20BrNO4S. The second-order valence-corrected chi connectivity index (χ2v) is 9.83. The standard InChI is InChI=1S/C26H20BrNO4S/c27-24-19-11-5-6-12-22(19)33-23(24)13-21(25(29)30)28-26(31)32-14-20-17-9-3-1-7-15(17)16-8-2-4-10-18(16)20/h1-12,20-21H,13-14H2,(H,28,31)(H,29,30). The van der Waals surface area contributed by atoms with Crippen LogP contribution in [0, 0.1) is 0 Å². The summed E-state index contributed by atoms with van der Waals surface area (Å²) in [5, 5.41) is 13.3. The van der Waals surface area contributed by atoms with E-state index in [2.05, 4.69) is 33.4 Å². The van der Waals surface area contributed by atoms with Crippen molar-refractivity contribution in [2.24, 2.45) is 0 Å². The van der Waals surface area contributed by atoms with E-state index in [1.165, 1.54) is 11.3 Å². The van der Waals surface area contributed by atoms with Crippen LogP contribution in [0.4, 0.5) is 4.79 Å². The third-order valence-electron chi connectivity index (χ3n) is 5.92. The molecule has 3 aromatic carbocycles. The van der Waals surface area contributed by atoms with Crippen molar-refractivity contribution in [3.8, 4) is 11.1 Å². The molecular weight excluding hydrogens is 502 g/mol. The quantitative estimate of drug-likeness (QED) is 0.316. The first-order valence-electron chi connectivity index (χ1n) is 10.5. The number of hydrogen-bond donors (Lipinski definition) is 2. The van der Waals surface area contributed by atoms with E-state index in [1.807, 2.05) is 60.7 Å². The van der Waals surface area contributed by atoms with Crippen LogP contribution in [0.15, 0.2) is 77.3 Å². The van der Waals surface area contributed by atoms with E-state index in [0.29, 0.717) is 0 Å². The van der Waals surface area contributed by atoms with E-state index in [4.69, 9.17) is 4.74 Å². The largest absolute Gasteiger partial charge is 0.480 e. The Balaban J connectivity index is 1.29. The highest BCUT2D eigenvalue weighted by Gasteiger charge is 2.30. The Morgan fingerprint density at radius 3 is 2.21 bits per heavy atom. The van der Waals surface area contributed by atoms with Gasteiger partial charge in [0, 0.05) is 31.8 Å². The number of alkyl carbamates (subject to hydrolysis) is 1. The highest BCUT2D eigenvalue weighted by atomic mass is 79.9. The summed E-state index contributed by atoms with van der Waals surface area (Å²) in [6, 6.07) is 22.9. The number of nitrogens with one attached hydrogen (secondary N) is 1. The van der Waals surface area contributed by atoms with Gasteiger partial charge in [0.1, 0.15) is 12.6 Å². The van der Waals surface area contributed by atoms with Crippen molar-refractivity contribution in [1.29, 1.82) is 0 Å². The summed E-state index contributed by atoms with van der Waals surface area (Å²) in [5.74, 6) is -1.18. The molecule has 1 aliphatic rings. The van der Waals surface area contributed by atoms with E-state index < -0.39 is 18.1 Å². The number of hydrogen-bond acceptors (Lipinski definition) is 4. The zero-order valence-corrected chi connectivity index (χ0v) is 19.9. The van der Waals surface area contributed by atoms with Gasteiger partial charge in [-0.2, -0.15) is 0 Å². The Kier molecular flexibility index (Phi) is 5.91. The molecule has 1 atom stereocenters. The van der Waals surface area contributed by atoms with Gasteiger partial charge in [-0.05, 0) is 44.3 Å². The fourth-order valence-corrected chi connectivity index (χ4v) is 6.39. The van der Waals surface area contributed by atoms with Crippen molar-refractivity contribution in [2.45, 2.75) is 18.4 Å².